The van der Waals surface area contributed by atoms with Gasteiger partial charge in [-0.25, -0.2) is 9.18 Å². The molecule has 1 heterocycles. The number of aliphatic hydroxyl groups is 1. The number of nitrogens with one attached hydrogen (secondary N) is 2. The Bertz CT molecular complexity index is 957. The van der Waals surface area contributed by atoms with Gasteiger partial charge in [-0.1, -0.05) is 36.4 Å². The fraction of sp³-hybridized carbons (Fsp3) is 0.536. The van der Waals surface area contributed by atoms with Gasteiger partial charge in [0, 0.05) is 45.3 Å². The molecule has 2 amide bonds. The number of amides is 2. The number of halogens is 1. The topological polar surface area (TPSA) is 73.8 Å². The van der Waals surface area contributed by atoms with Crippen molar-refractivity contribution in [3.8, 4) is 11.1 Å². The van der Waals surface area contributed by atoms with Gasteiger partial charge in [-0.05, 0) is 74.9 Å². The fourth-order valence-corrected chi connectivity index (χ4v) is 5.18. The molecule has 2 aromatic carbocycles. The molecule has 6 nitrogen and oxygen atoms in total. The molecule has 3 atom stereocenters. The lowest BCUT2D eigenvalue weighted by molar-refractivity contribution is -0.0559. The fourth-order valence-electron chi connectivity index (χ4n) is 5.18. The van der Waals surface area contributed by atoms with E-state index in [1.54, 1.807) is 13.2 Å². The third kappa shape index (κ3) is 7.03. The molecule has 3 rings (SSSR count). The maximum Gasteiger partial charge on any atom is 0.317 e. The molecule has 0 aromatic heterocycles. The minimum atomic E-state index is -1.16. The van der Waals surface area contributed by atoms with E-state index in [4.69, 9.17) is 4.74 Å². The molecule has 0 aliphatic carbocycles. The van der Waals surface area contributed by atoms with Crippen molar-refractivity contribution < 1.29 is 19.0 Å². The maximum atomic E-state index is 14.1. The number of hydrogen-bond donors (Lipinski definition) is 3. The van der Waals surface area contributed by atoms with E-state index < -0.39 is 5.60 Å². The first-order valence-corrected chi connectivity index (χ1v) is 12.7. The summed E-state index contributed by atoms with van der Waals surface area (Å²) in [6.07, 6.45) is 3.79. The van der Waals surface area contributed by atoms with Gasteiger partial charge in [0.1, 0.15) is 5.82 Å². The van der Waals surface area contributed by atoms with Gasteiger partial charge in [0.05, 0.1) is 5.60 Å². The van der Waals surface area contributed by atoms with Crippen molar-refractivity contribution >= 4 is 6.03 Å². The molecule has 1 saturated heterocycles. The summed E-state index contributed by atoms with van der Waals surface area (Å²) >= 11 is 0. The maximum absolute atomic E-state index is 14.1. The highest BCUT2D eigenvalue weighted by Crippen LogP contribution is 2.43. The summed E-state index contributed by atoms with van der Waals surface area (Å²) < 4.78 is 19.3. The van der Waals surface area contributed by atoms with Crippen molar-refractivity contribution in [2.75, 3.05) is 40.4 Å². The monoisotopic (exact) mass is 485 g/mol. The number of ether oxygens (including phenoxy) is 1. The third-order valence-corrected chi connectivity index (χ3v) is 6.95. The van der Waals surface area contributed by atoms with Crippen molar-refractivity contribution in [3.63, 3.8) is 0 Å². The highest BCUT2D eigenvalue weighted by atomic mass is 19.1. The number of likely N-dealkylation sites (N-methyl/N-ethyl adjacent to an activating group) is 1. The van der Waals surface area contributed by atoms with E-state index in [2.05, 4.69) is 10.6 Å². The van der Waals surface area contributed by atoms with Crippen molar-refractivity contribution in [2.24, 2.45) is 5.92 Å². The first-order valence-electron chi connectivity index (χ1n) is 12.7. The Kier molecular flexibility index (Phi) is 10.1. The van der Waals surface area contributed by atoms with E-state index in [-0.39, 0.29) is 23.8 Å². The number of carbonyl (C=O) groups excluding carboxylic acids is 1. The van der Waals surface area contributed by atoms with Crippen LogP contribution in [0.25, 0.3) is 11.1 Å². The largest absolute Gasteiger partial charge is 0.385 e. The Morgan fingerprint density at radius 2 is 2.06 bits per heavy atom. The standard InChI is InChI=1S/C28H40FN3O3/c1-21(19-30-2)31-27(33)32-16-9-11-23(20-32)28(34,15-6-7-17-35-3)26-14-5-4-13-25(26)22-10-8-12-24(29)18-22/h4-5,8,10,12-14,18,21,23,30,34H,6-7,9,11,15-17,19-20H2,1-3H3,(H,31,33). The molecule has 3 unspecified atom stereocenters. The van der Waals surface area contributed by atoms with Gasteiger partial charge in [-0.15, -0.1) is 0 Å². The van der Waals surface area contributed by atoms with Crippen LogP contribution in [0.1, 0.15) is 44.6 Å². The number of piperidine rings is 1. The zero-order chi connectivity index (χ0) is 25.3. The smallest absolute Gasteiger partial charge is 0.317 e. The molecule has 1 aliphatic heterocycles. The molecule has 0 radical (unpaired) electrons. The molecule has 192 valence electrons. The second-order valence-corrected chi connectivity index (χ2v) is 9.62. The Hall–Kier alpha value is -2.48. The quantitative estimate of drug-likeness (QED) is 0.409. The first kappa shape index (κ1) is 27.1. The van der Waals surface area contributed by atoms with Gasteiger partial charge < -0.3 is 25.4 Å². The van der Waals surface area contributed by atoms with Crippen LogP contribution in [0.5, 0.6) is 0 Å². The second-order valence-electron chi connectivity index (χ2n) is 9.62. The number of urea groups is 1. The molecule has 35 heavy (non-hydrogen) atoms. The molecule has 0 spiro atoms. The SMILES string of the molecule is CNCC(C)NC(=O)N1CCCC(C(O)(CCCCOC)c2ccccc2-c2cccc(F)c2)C1. The predicted octanol–water partition coefficient (Wildman–Crippen LogP) is 4.53. The average Bonchev–Trinajstić information content (AvgIpc) is 2.86. The molecule has 2 aromatic rings. The lowest BCUT2D eigenvalue weighted by Gasteiger charge is -2.43. The van der Waals surface area contributed by atoms with Crippen molar-refractivity contribution in [1.29, 1.82) is 0 Å². The minimum absolute atomic E-state index is 0.00880. The number of rotatable bonds is 11. The number of likely N-dealkylation sites (tertiary alicyclic amines) is 1. The lowest BCUT2D eigenvalue weighted by Crippen LogP contribution is -2.53. The van der Waals surface area contributed by atoms with Crippen LogP contribution in [-0.4, -0.2) is 62.5 Å². The van der Waals surface area contributed by atoms with Gasteiger partial charge in [-0.2, -0.15) is 0 Å². The molecule has 0 saturated carbocycles. The number of hydrogen-bond acceptors (Lipinski definition) is 4. The highest BCUT2D eigenvalue weighted by molar-refractivity contribution is 5.74. The first-order chi connectivity index (χ1) is 16.9. The summed E-state index contributed by atoms with van der Waals surface area (Å²) in [6.45, 7) is 4.42. The van der Waals surface area contributed by atoms with Crippen LogP contribution < -0.4 is 10.6 Å². The Morgan fingerprint density at radius 1 is 1.26 bits per heavy atom. The summed E-state index contributed by atoms with van der Waals surface area (Å²) in [5.41, 5.74) is 1.19. The van der Waals surface area contributed by atoms with Crippen LogP contribution >= 0.6 is 0 Å². The van der Waals surface area contributed by atoms with Gasteiger partial charge in [0.2, 0.25) is 0 Å². The Labute approximate surface area is 208 Å². The summed E-state index contributed by atoms with van der Waals surface area (Å²) in [5.74, 6) is -0.448. The second kappa shape index (κ2) is 13.0. The molecular weight excluding hydrogens is 445 g/mol. The van der Waals surface area contributed by atoms with Crippen molar-refractivity contribution in [1.82, 2.24) is 15.5 Å². The van der Waals surface area contributed by atoms with E-state index in [1.165, 1.54) is 12.1 Å². The number of benzene rings is 2. The molecular formula is C28H40FN3O3. The number of unbranched alkanes of at least 4 members (excludes halogenated alkanes) is 1. The normalized spacial score (nSPS) is 18.7. The molecule has 1 fully saturated rings. The minimum Gasteiger partial charge on any atom is -0.385 e. The summed E-state index contributed by atoms with van der Waals surface area (Å²) in [5, 5.41) is 18.5. The highest BCUT2D eigenvalue weighted by Gasteiger charge is 2.42. The van der Waals surface area contributed by atoms with Gasteiger partial charge in [0.15, 0.2) is 0 Å². The van der Waals surface area contributed by atoms with E-state index in [1.807, 2.05) is 49.2 Å². The van der Waals surface area contributed by atoms with Crippen molar-refractivity contribution in [2.45, 2.75) is 50.7 Å². The van der Waals surface area contributed by atoms with Crippen LogP contribution in [0, 0.1) is 11.7 Å². The summed E-state index contributed by atoms with van der Waals surface area (Å²) in [4.78, 5) is 14.8. The van der Waals surface area contributed by atoms with Crippen LogP contribution in [0.15, 0.2) is 48.5 Å². The summed E-state index contributed by atoms with van der Waals surface area (Å²) in [7, 11) is 3.54. The van der Waals surface area contributed by atoms with Crippen LogP contribution in [0.3, 0.4) is 0 Å². The Balaban J connectivity index is 1.92. The van der Waals surface area contributed by atoms with E-state index >= 15 is 0 Å². The van der Waals surface area contributed by atoms with E-state index in [9.17, 15) is 14.3 Å². The molecule has 3 N–H and O–H groups in total. The van der Waals surface area contributed by atoms with E-state index in [0.29, 0.717) is 32.7 Å². The zero-order valence-electron chi connectivity index (χ0n) is 21.2. The van der Waals surface area contributed by atoms with E-state index in [0.717, 1.165) is 42.4 Å². The molecule has 0 bridgehead atoms. The van der Waals surface area contributed by atoms with Crippen LogP contribution in [0.2, 0.25) is 0 Å². The average molecular weight is 486 g/mol. The molecule has 1 aliphatic rings. The van der Waals surface area contributed by atoms with Crippen LogP contribution in [0.4, 0.5) is 9.18 Å². The third-order valence-electron chi connectivity index (χ3n) is 6.95. The predicted molar refractivity (Wildman–Crippen MR) is 138 cm³/mol. The summed E-state index contributed by atoms with van der Waals surface area (Å²) in [6, 6.07) is 14.1. The number of nitrogens with zero attached hydrogens (tertiary/aromatic N) is 1. The van der Waals surface area contributed by atoms with Gasteiger partial charge >= 0.3 is 6.03 Å². The van der Waals surface area contributed by atoms with Gasteiger partial charge in [0.25, 0.3) is 0 Å². The van der Waals surface area contributed by atoms with Crippen LogP contribution in [-0.2, 0) is 10.3 Å². The van der Waals surface area contributed by atoms with Crippen molar-refractivity contribution in [3.05, 3.63) is 59.9 Å². The van der Waals surface area contributed by atoms with Gasteiger partial charge in [-0.3, -0.25) is 0 Å². The Morgan fingerprint density at radius 3 is 2.80 bits per heavy atom. The number of methoxy groups -OCH3 is 1. The lowest BCUT2D eigenvalue weighted by atomic mass is 9.72. The number of carbonyl (C=O) groups is 1. The molecule has 7 heteroatoms. The zero-order valence-corrected chi connectivity index (χ0v) is 21.2.